The first-order chi connectivity index (χ1) is 15.7. The van der Waals surface area contributed by atoms with Gasteiger partial charge < -0.3 is 9.32 Å². The number of carbonyl (C=O) groups excluding carboxylic acids is 1. The van der Waals surface area contributed by atoms with Gasteiger partial charge in [-0.2, -0.15) is 0 Å². The number of aromatic nitrogens is 2. The molecule has 0 N–H and O–H groups in total. The number of thioether (sulfide) groups is 1. The quantitative estimate of drug-likeness (QED) is 0.324. The average Bonchev–Trinajstić information content (AvgIpc) is 3.31. The van der Waals surface area contributed by atoms with Crippen LogP contribution in [0.4, 0.5) is 0 Å². The van der Waals surface area contributed by atoms with E-state index in [9.17, 15) is 4.79 Å². The maximum Gasteiger partial charge on any atom is 0.277 e. The van der Waals surface area contributed by atoms with Crippen LogP contribution in [0.5, 0.6) is 0 Å². The first-order valence-electron chi connectivity index (χ1n) is 10.6. The summed E-state index contributed by atoms with van der Waals surface area (Å²) in [5.74, 6) is 0.756. The largest absolute Gasteiger partial charge is 0.411 e. The highest BCUT2D eigenvalue weighted by molar-refractivity contribution is 7.99. The molecule has 0 fully saturated rings. The minimum absolute atomic E-state index is 0.0462. The zero-order valence-corrected chi connectivity index (χ0v) is 18.8. The van der Waals surface area contributed by atoms with E-state index in [1.54, 1.807) is 0 Å². The van der Waals surface area contributed by atoms with Crippen molar-refractivity contribution in [2.24, 2.45) is 0 Å². The van der Waals surface area contributed by atoms with Crippen molar-refractivity contribution >= 4 is 17.7 Å². The summed E-state index contributed by atoms with van der Waals surface area (Å²) in [7, 11) is 0. The second-order valence-electron chi connectivity index (χ2n) is 7.56. The van der Waals surface area contributed by atoms with Crippen molar-refractivity contribution in [2.75, 3.05) is 12.3 Å². The van der Waals surface area contributed by atoms with Gasteiger partial charge in [0.05, 0.1) is 5.75 Å². The summed E-state index contributed by atoms with van der Waals surface area (Å²) < 4.78 is 5.76. The maximum atomic E-state index is 13.1. The molecule has 4 rings (SSSR count). The van der Waals surface area contributed by atoms with Crippen LogP contribution >= 0.6 is 11.8 Å². The van der Waals surface area contributed by atoms with E-state index in [4.69, 9.17) is 4.42 Å². The molecule has 0 saturated carbocycles. The Bertz CT molecular complexity index is 1130. The predicted molar refractivity (Wildman–Crippen MR) is 127 cm³/mol. The molecule has 4 aromatic rings. The van der Waals surface area contributed by atoms with Crippen molar-refractivity contribution in [2.45, 2.75) is 25.1 Å². The molecule has 0 aliphatic heterocycles. The van der Waals surface area contributed by atoms with Gasteiger partial charge in [-0.1, -0.05) is 90.1 Å². The van der Waals surface area contributed by atoms with Crippen LogP contribution in [0, 0.1) is 6.92 Å². The molecule has 0 bridgehead atoms. The van der Waals surface area contributed by atoms with Crippen LogP contribution in [0.25, 0.3) is 11.5 Å². The third-order valence-electron chi connectivity index (χ3n) is 5.11. The number of amides is 1. The van der Waals surface area contributed by atoms with Gasteiger partial charge in [0.15, 0.2) is 0 Å². The summed E-state index contributed by atoms with van der Waals surface area (Å²) in [6, 6.07) is 28.2. The molecule has 162 valence electrons. The Morgan fingerprint density at radius 1 is 0.875 bits per heavy atom. The molecule has 0 atom stereocenters. The van der Waals surface area contributed by atoms with Crippen molar-refractivity contribution < 1.29 is 9.21 Å². The van der Waals surface area contributed by atoms with E-state index in [2.05, 4.69) is 22.3 Å². The second kappa shape index (κ2) is 10.8. The minimum atomic E-state index is 0.0462. The molecule has 1 aromatic heterocycles. The summed E-state index contributed by atoms with van der Waals surface area (Å²) in [5, 5.41) is 8.62. The fourth-order valence-corrected chi connectivity index (χ4v) is 3.97. The number of benzene rings is 3. The van der Waals surface area contributed by atoms with Gasteiger partial charge in [0.1, 0.15) is 0 Å². The normalized spacial score (nSPS) is 10.8. The molecule has 5 nitrogen and oxygen atoms in total. The molecule has 0 spiro atoms. The van der Waals surface area contributed by atoms with Gasteiger partial charge in [-0.3, -0.25) is 4.79 Å². The van der Waals surface area contributed by atoms with E-state index in [1.807, 2.05) is 84.6 Å². The number of hydrogen-bond acceptors (Lipinski definition) is 5. The first kappa shape index (κ1) is 21.8. The van der Waals surface area contributed by atoms with Crippen LogP contribution in [0.2, 0.25) is 0 Å². The fraction of sp³-hybridized carbons (Fsp3) is 0.192. The van der Waals surface area contributed by atoms with Crippen molar-refractivity contribution in [3.05, 3.63) is 102 Å². The van der Waals surface area contributed by atoms with Gasteiger partial charge in [0, 0.05) is 18.7 Å². The highest BCUT2D eigenvalue weighted by atomic mass is 32.2. The van der Waals surface area contributed by atoms with E-state index in [0.29, 0.717) is 24.2 Å². The summed E-state index contributed by atoms with van der Waals surface area (Å²) in [6.45, 7) is 3.26. The zero-order valence-electron chi connectivity index (χ0n) is 18.0. The SMILES string of the molecule is Cc1ccc(-c2nnc(SCC(=O)N(CCc3ccccc3)Cc3ccccc3)o2)cc1. The van der Waals surface area contributed by atoms with Crippen LogP contribution < -0.4 is 0 Å². The third-order valence-corrected chi connectivity index (χ3v) is 5.91. The number of aryl methyl sites for hydroxylation is 1. The molecule has 1 amide bonds. The second-order valence-corrected chi connectivity index (χ2v) is 8.49. The Morgan fingerprint density at radius 3 is 2.22 bits per heavy atom. The van der Waals surface area contributed by atoms with E-state index in [-0.39, 0.29) is 11.7 Å². The smallest absolute Gasteiger partial charge is 0.277 e. The Labute approximate surface area is 192 Å². The van der Waals surface area contributed by atoms with Crippen LogP contribution in [0.15, 0.2) is 94.6 Å². The predicted octanol–water partition coefficient (Wildman–Crippen LogP) is 5.41. The summed E-state index contributed by atoms with van der Waals surface area (Å²) in [6.07, 6.45) is 0.808. The molecule has 1 heterocycles. The lowest BCUT2D eigenvalue weighted by Gasteiger charge is -2.22. The topological polar surface area (TPSA) is 59.2 Å². The first-order valence-corrected chi connectivity index (χ1v) is 11.5. The van der Waals surface area contributed by atoms with Gasteiger partial charge in [-0.15, -0.1) is 10.2 Å². The zero-order chi connectivity index (χ0) is 22.2. The molecule has 3 aromatic carbocycles. The fourth-order valence-electron chi connectivity index (χ4n) is 3.30. The van der Waals surface area contributed by atoms with Crippen LogP contribution in [-0.2, 0) is 17.8 Å². The third kappa shape index (κ3) is 6.08. The Morgan fingerprint density at radius 2 is 1.53 bits per heavy atom. The minimum Gasteiger partial charge on any atom is -0.411 e. The molecule has 0 aliphatic carbocycles. The van der Waals surface area contributed by atoms with Crippen molar-refractivity contribution in [1.29, 1.82) is 0 Å². The van der Waals surface area contributed by atoms with Gasteiger partial charge in [-0.05, 0) is 36.6 Å². The molecule has 6 heteroatoms. The van der Waals surface area contributed by atoms with E-state index in [0.717, 1.165) is 17.5 Å². The number of hydrogen-bond donors (Lipinski definition) is 0. The summed E-state index contributed by atoms with van der Waals surface area (Å²) in [4.78, 5) is 15.0. The highest BCUT2D eigenvalue weighted by Crippen LogP contribution is 2.24. The van der Waals surface area contributed by atoms with E-state index >= 15 is 0 Å². The van der Waals surface area contributed by atoms with E-state index in [1.165, 1.54) is 22.9 Å². The van der Waals surface area contributed by atoms with Gasteiger partial charge >= 0.3 is 0 Å². The van der Waals surface area contributed by atoms with Gasteiger partial charge in [-0.25, -0.2) is 0 Å². The van der Waals surface area contributed by atoms with Crippen molar-refractivity contribution in [3.8, 4) is 11.5 Å². The Balaban J connectivity index is 1.39. The van der Waals surface area contributed by atoms with Gasteiger partial charge in [0.25, 0.3) is 5.22 Å². The lowest BCUT2D eigenvalue weighted by atomic mass is 10.1. The van der Waals surface area contributed by atoms with E-state index < -0.39 is 0 Å². The van der Waals surface area contributed by atoms with Crippen molar-refractivity contribution in [3.63, 3.8) is 0 Å². The molecule has 32 heavy (non-hydrogen) atoms. The van der Waals surface area contributed by atoms with Crippen LogP contribution in [0.1, 0.15) is 16.7 Å². The van der Waals surface area contributed by atoms with Crippen molar-refractivity contribution in [1.82, 2.24) is 15.1 Å². The standard InChI is InChI=1S/C26H25N3O2S/c1-20-12-14-23(15-13-20)25-27-28-26(31-25)32-19-24(30)29(18-22-10-6-3-7-11-22)17-16-21-8-4-2-5-9-21/h2-15H,16-19H2,1H3. The number of carbonyl (C=O) groups is 1. The maximum absolute atomic E-state index is 13.1. The lowest BCUT2D eigenvalue weighted by Crippen LogP contribution is -2.33. The molecule has 0 saturated heterocycles. The molecular formula is C26H25N3O2S. The summed E-state index contributed by atoms with van der Waals surface area (Å²) >= 11 is 1.28. The number of rotatable bonds is 9. The molecule has 0 aliphatic rings. The molecule has 0 unspecified atom stereocenters. The Kier molecular flexibility index (Phi) is 7.35. The van der Waals surface area contributed by atoms with Crippen LogP contribution in [0.3, 0.4) is 0 Å². The van der Waals surface area contributed by atoms with Gasteiger partial charge in [0.2, 0.25) is 11.8 Å². The highest BCUT2D eigenvalue weighted by Gasteiger charge is 2.17. The summed E-state index contributed by atoms with van der Waals surface area (Å²) in [5.41, 5.74) is 4.36. The monoisotopic (exact) mass is 443 g/mol. The average molecular weight is 444 g/mol. The lowest BCUT2D eigenvalue weighted by molar-refractivity contribution is -0.128. The molecule has 0 radical (unpaired) electrons. The number of nitrogens with zero attached hydrogens (tertiary/aromatic N) is 3. The van der Waals surface area contributed by atoms with Crippen LogP contribution in [-0.4, -0.2) is 33.3 Å². The Hall–Kier alpha value is -3.38. The molecular weight excluding hydrogens is 418 g/mol.